The van der Waals surface area contributed by atoms with E-state index in [4.69, 9.17) is 21.1 Å². The van der Waals surface area contributed by atoms with Gasteiger partial charge in [0.15, 0.2) is 11.5 Å². The van der Waals surface area contributed by atoms with E-state index in [0.717, 1.165) is 37.4 Å². The van der Waals surface area contributed by atoms with Crippen LogP contribution in [0.25, 0.3) is 0 Å². The van der Waals surface area contributed by atoms with E-state index in [1.165, 1.54) is 19.3 Å². The molecule has 1 aliphatic carbocycles. The lowest BCUT2D eigenvalue weighted by atomic mass is 9.86. The SMILES string of the molecule is CCCNCc1cc(Cl)c(OCC2CCC2)c(OC)c1. The zero-order chi connectivity index (χ0) is 14.4. The molecule has 20 heavy (non-hydrogen) atoms. The normalized spacial score (nSPS) is 14.9. The summed E-state index contributed by atoms with van der Waals surface area (Å²) in [6.45, 7) is 4.69. The molecule has 2 rings (SSSR count). The van der Waals surface area contributed by atoms with Crippen LogP contribution in [0.3, 0.4) is 0 Å². The second-order valence-corrected chi connectivity index (χ2v) is 5.80. The summed E-state index contributed by atoms with van der Waals surface area (Å²) in [5, 5.41) is 4.00. The fourth-order valence-corrected chi connectivity index (χ4v) is 2.57. The van der Waals surface area contributed by atoms with Gasteiger partial charge < -0.3 is 14.8 Å². The molecule has 3 nitrogen and oxygen atoms in total. The minimum absolute atomic E-state index is 0.636. The van der Waals surface area contributed by atoms with Gasteiger partial charge in [0.1, 0.15) is 0 Å². The minimum Gasteiger partial charge on any atom is -0.493 e. The molecule has 112 valence electrons. The van der Waals surface area contributed by atoms with Gasteiger partial charge >= 0.3 is 0 Å². The van der Waals surface area contributed by atoms with Gasteiger partial charge in [-0.15, -0.1) is 0 Å². The lowest BCUT2D eigenvalue weighted by Gasteiger charge is -2.26. The zero-order valence-corrected chi connectivity index (χ0v) is 13.1. The van der Waals surface area contributed by atoms with E-state index in [0.29, 0.717) is 16.7 Å². The molecule has 1 saturated carbocycles. The van der Waals surface area contributed by atoms with Crippen molar-refractivity contribution >= 4 is 11.6 Å². The maximum absolute atomic E-state index is 6.34. The molecule has 1 N–H and O–H groups in total. The Bertz CT molecular complexity index is 433. The Balaban J connectivity index is 2.02. The maximum Gasteiger partial charge on any atom is 0.179 e. The van der Waals surface area contributed by atoms with Crippen LogP contribution in [0.15, 0.2) is 12.1 Å². The molecular weight excluding hydrogens is 274 g/mol. The van der Waals surface area contributed by atoms with E-state index in [-0.39, 0.29) is 0 Å². The van der Waals surface area contributed by atoms with Crippen LogP contribution in [0, 0.1) is 5.92 Å². The Morgan fingerprint density at radius 2 is 2.15 bits per heavy atom. The van der Waals surface area contributed by atoms with Crippen LogP contribution in [-0.4, -0.2) is 20.3 Å². The second kappa shape index (κ2) is 7.75. The van der Waals surface area contributed by atoms with Crippen molar-refractivity contribution in [1.82, 2.24) is 5.32 Å². The van der Waals surface area contributed by atoms with Gasteiger partial charge in [-0.25, -0.2) is 0 Å². The summed E-state index contributed by atoms with van der Waals surface area (Å²) in [6.07, 6.45) is 4.96. The predicted octanol–water partition coefficient (Wildman–Crippen LogP) is 4.03. The van der Waals surface area contributed by atoms with E-state index in [1.54, 1.807) is 7.11 Å². The van der Waals surface area contributed by atoms with Crippen LogP contribution in [0.1, 0.15) is 38.2 Å². The van der Waals surface area contributed by atoms with Crippen LogP contribution in [0.2, 0.25) is 5.02 Å². The van der Waals surface area contributed by atoms with Gasteiger partial charge in [-0.2, -0.15) is 0 Å². The highest BCUT2D eigenvalue weighted by Gasteiger charge is 2.20. The summed E-state index contributed by atoms with van der Waals surface area (Å²) in [5.74, 6) is 2.09. The molecule has 0 bridgehead atoms. The van der Waals surface area contributed by atoms with Gasteiger partial charge in [0.2, 0.25) is 0 Å². The van der Waals surface area contributed by atoms with Gasteiger partial charge in [0, 0.05) is 6.54 Å². The van der Waals surface area contributed by atoms with E-state index in [1.807, 2.05) is 12.1 Å². The van der Waals surface area contributed by atoms with Crippen LogP contribution >= 0.6 is 11.6 Å². The fourth-order valence-electron chi connectivity index (χ4n) is 2.29. The van der Waals surface area contributed by atoms with E-state index < -0.39 is 0 Å². The molecule has 0 aliphatic heterocycles. The number of halogens is 1. The summed E-state index contributed by atoms with van der Waals surface area (Å²) in [7, 11) is 1.66. The quantitative estimate of drug-likeness (QED) is 0.735. The van der Waals surface area contributed by atoms with Gasteiger partial charge in [-0.1, -0.05) is 24.9 Å². The molecule has 0 unspecified atom stereocenters. The maximum atomic E-state index is 6.34. The summed E-state index contributed by atoms with van der Waals surface area (Å²) >= 11 is 6.34. The number of rotatable bonds is 8. The lowest BCUT2D eigenvalue weighted by molar-refractivity contribution is 0.176. The lowest BCUT2D eigenvalue weighted by Crippen LogP contribution is -2.19. The van der Waals surface area contributed by atoms with Gasteiger partial charge in [0.25, 0.3) is 0 Å². The third-order valence-electron chi connectivity index (χ3n) is 3.73. The Morgan fingerprint density at radius 3 is 2.75 bits per heavy atom. The number of methoxy groups -OCH3 is 1. The minimum atomic E-state index is 0.636. The Kier molecular flexibility index (Phi) is 5.99. The molecular formula is C16H24ClNO2. The van der Waals surface area contributed by atoms with Crippen molar-refractivity contribution in [3.8, 4) is 11.5 Å². The number of hydrogen-bond acceptors (Lipinski definition) is 3. The average molecular weight is 298 g/mol. The summed E-state index contributed by atoms with van der Waals surface area (Å²) in [6, 6.07) is 3.97. The first-order valence-corrected chi connectivity index (χ1v) is 7.82. The van der Waals surface area contributed by atoms with E-state index >= 15 is 0 Å². The summed E-state index contributed by atoms with van der Waals surface area (Å²) < 4.78 is 11.3. The van der Waals surface area contributed by atoms with E-state index in [9.17, 15) is 0 Å². The first-order valence-electron chi connectivity index (χ1n) is 7.44. The Hall–Kier alpha value is -0.930. The third-order valence-corrected chi connectivity index (χ3v) is 4.01. The summed E-state index contributed by atoms with van der Waals surface area (Å²) in [5.41, 5.74) is 1.12. The van der Waals surface area contributed by atoms with Crippen LogP contribution in [0.5, 0.6) is 11.5 Å². The molecule has 4 heteroatoms. The van der Waals surface area contributed by atoms with Crippen molar-refractivity contribution < 1.29 is 9.47 Å². The standard InChI is InChI=1S/C16H24ClNO2/c1-3-7-18-10-13-8-14(17)16(15(9-13)19-2)20-11-12-5-4-6-12/h8-9,12,18H,3-7,10-11H2,1-2H3. The van der Waals surface area contributed by atoms with Crippen molar-refractivity contribution in [1.29, 1.82) is 0 Å². The summed E-state index contributed by atoms with van der Waals surface area (Å²) in [4.78, 5) is 0. The molecule has 0 heterocycles. The largest absolute Gasteiger partial charge is 0.493 e. The molecule has 0 atom stereocenters. The monoisotopic (exact) mass is 297 g/mol. The zero-order valence-electron chi connectivity index (χ0n) is 12.4. The van der Waals surface area contributed by atoms with Crippen molar-refractivity contribution in [2.24, 2.45) is 5.92 Å². The molecule has 0 radical (unpaired) electrons. The first kappa shape index (κ1) is 15.5. The molecule has 0 spiro atoms. The molecule has 0 amide bonds. The highest BCUT2D eigenvalue weighted by atomic mass is 35.5. The van der Waals surface area contributed by atoms with E-state index in [2.05, 4.69) is 12.2 Å². The average Bonchev–Trinajstić information content (AvgIpc) is 2.39. The molecule has 1 aromatic rings. The van der Waals surface area contributed by atoms with Crippen LogP contribution in [0.4, 0.5) is 0 Å². The molecule has 1 aromatic carbocycles. The highest BCUT2D eigenvalue weighted by molar-refractivity contribution is 6.32. The van der Waals surface area contributed by atoms with Crippen LogP contribution < -0.4 is 14.8 Å². The smallest absolute Gasteiger partial charge is 0.179 e. The van der Waals surface area contributed by atoms with Gasteiger partial charge in [0.05, 0.1) is 18.7 Å². The first-order chi connectivity index (χ1) is 9.74. The number of benzene rings is 1. The molecule has 0 aromatic heterocycles. The Morgan fingerprint density at radius 1 is 1.35 bits per heavy atom. The van der Waals surface area contributed by atoms with Crippen molar-refractivity contribution in [3.05, 3.63) is 22.7 Å². The highest BCUT2D eigenvalue weighted by Crippen LogP contribution is 2.38. The number of hydrogen-bond donors (Lipinski definition) is 1. The third kappa shape index (κ3) is 4.03. The van der Waals surface area contributed by atoms with Crippen molar-refractivity contribution in [2.75, 3.05) is 20.3 Å². The van der Waals surface area contributed by atoms with Gasteiger partial charge in [-0.3, -0.25) is 0 Å². The molecule has 1 fully saturated rings. The predicted molar refractivity (Wildman–Crippen MR) is 82.8 cm³/mol. The number of nitrogens with one attached hydrogen (secondary N) is 1. The van der Waals surface area contributed by atoms with Crippen LogP contribution in [-0.2, 0) is 6.54 Å². The van der Waals surface area contributed by atoms with Gasteiger partial charge in [-0.05, 0) is 49.4 Å². The molecule has 0 saturated heterocycles. The fraction of sp³-hybridized carbons (Fsp3) is 0.625. The Labute approximate surface area is 126 Å². The van der Waals surface area contributed by atoms with Crippen molar-refractivity contribution in [3.63, 3.8) is 0 Å². The topological polar surface area (TPSA) is 30.5 Å². The second-order valence-electron chi connectivity index (χ2n) is 5.39. The number of ether oxygens (including phenoxy) is 2. The molecule has 1 aliphatic rings. The van der Waals surface area contributed by atoms with Crippen molar-refractivity contribution in [2.45, 2.75) is 39.2 Å².